The molecule has 0 saturated carbocycles. The van der Waals surface area contributed by atoms with E-state index in [1.807, 2.05) is 138 Å². The van der Waals surface area contributed by atoms with Crippen LogP contribution >= 0.6 is 55.1 Å². The number of aromatic nitrogens is 10. The summed E-state index contributed by atoms with van der Waals surface area (Å²) in [7, 11) is -1.44. The van der Waals surface area contributed by atoms with E-state index in [-0.39, 0.29) is 33.2 Å². The Morgan fingerprint density at radius 1 is 0.500 bits per heavy atom. The highest BCUT2D eigenvalue weighted by molar-refractivity contribution is 9.10. The van der Waals surface area contributed by atoms with Gasteiger partial charge in [0.15, 0.2) is 0 Å². The van der Waals surface area contributed by atoms with Crippen molar-refractivity contribution >= 4 is 104 Å². The van der Waals surface area contributed by atoms with Crippen molar-refractivity contribution in [2.24, 2.45) is 0 Å². The first-order valence-corrected chi connectivity index (χ1v) is 31.1. The van der Waals surface area contributed by atoms with E-state index in [4.69, 9.17) is 51.1 Å². The van der Waals surface area contributed by atoms with Crippen molar-refractivity contribution in [2.75, 3.05) is 0 Å². The highest BCUT2D eigenvalue weighted by Gasteiger charge is 2.64. The van der Waals surface area contributed by atoms with Crippen LogP contribution in [0.1, 0.15) is 104 Å². The molecule has 0 bridgehead atoms. The van der Waals surface area contributed by atoms with Crippen molar-refractivity contribution in [1.29, 1.82) is 0 Å². The molecule has 3 fully saturated rings. The molecule has 0 radical (unpaired) electrons. The molecule has 0 amide bonds. The van der Waals surface area contributed by atoms with E-state index in [9.17, 15) is 26.3 Å². The second kappa shape index (κ2) is 29.1. The third kappa shape index (κ3) is 16.9. The molecular weight excluding hydrogens is 1350 g/mol. The quantitative estimate of drug-likeness (QED) is 0.0892. The molecule has 10 aromatic rings. The molecule has 13 rings (SSSR count). The zero-order valence-electron chi connectivity index (χ0n) is 52.5. The Hall–Kier alpha value is -5.74. The molecule has 0 N–H and O–H groups in total. The fourth-order valence-corrected chi connectivity index (χ4v) is 9.47. The fourth-order valence-electron chi connectivity index (χ4n) is 8.78. The van der Waals surface area contributed by atoms with Crippen molar-refractivity contribution in [1.82, 2.24) is 47.1 Å². The van der Waals surface area contributed by atoms with Gasteiger partial charge in [-0.15, -0.1) is 23.2 Å². The van der Waals surface area contributed by atoms with Gasteiger partial charge in [0, 0.05) is 57.3 Å². The van der Waals surface area contributed by atoms with Crippen molar-refractivity contribution < 1.29 is 54.3 Å². The number of pyridine rings is 4. The summed E-state index contributed by atoms with van der Waals surface area (Å²) in [6, 6.07) is 19.9. The molecule has 3 saturated heterocycles. The summed E-state index contributed by atoms with van der Waals surface area (Å²) >= 11 is 16.7. The van der Waals surface area contributed by atoms with Gasteiger partial charge in [0.1, 0.15) is 33.2 Å². The molecule has 1 aromatic carbocycles. The van der Waals surface area contributed by atoms with E-state index in [0.29, 0.717) is 39.5 Å². The monoisotopic (exact) mass is 1410 g/mol. The van der Waals surface area contributed by atoms with E-state index < -0.39 is 63.0 Å². The summed E-state index contributed by atoms with van der Waals surface area (Å²) < 4.78 is 124. The van der Waals surface area contributed by atoms with Gasteiger partial charge in [-0.05, 0) is 194 Å². The number of rotatable bonds is 6. The van der Waals surface area contributed by atoms with E-state index in [0.717, 1.165) is 26.3 Å². The topological polar surface area (TPSA) is 142 Å². The van der Waals surface area contributed by atoms with Gasteiger partial charge in [-0.3, -0.25) is 13.2 Å². The lowest BCUT2D eigenvalue weighted by atomic mass is 9.49. The molecular formula is C61H71B3Br2Cl2F6N10O6. The van der Waals surface area contributed by atoms with Gasteiger partial charge >= 0.3 is 21.1 Å². The van der Waals surface area contributed by atoms with Crippen molar-refractivity contribution in [3.05, 3.63) is 168 Å². The van der Waals surface area contributed by atoms with Crippen LogP contribution in [0.5, 0.6) is 0 Å². The molecule has 3 aliphatic rings. The molecule has 0 aliphatic carbocycles. The lowest BCUT2D eigenvalue weighted by Crippen LogP contribution is -2.41. The lowest BCUT2D eigenvalue weighted by Gasteiger charge is -2.32. The first-order chi connectivity index (χ1) is 42.1. The van der Waals surface area contributed by atoms with Crippen LogP contribution in [0.3, 0.4) is 0 Å². The number of nitrogens with zero attached hydrogens (tertiary/aromatic N) is 10. The zero-order chi connectivity index (χ0) is 66.5. The SMILES string of the molecule is Brc1ccc2nccn2c1.CC.CC(Cl)Cl.CC1(C)OB(B2OC(C)(C)C(C)(C)O2)OC1(C)C.CC1(C)OB(c2ccc3ncc(F)n3c2)OC1(C)C.Fc1ccc(-c2ncn(CC(F)F)c2-c2ccc3ncc(F)n3c2)cc1.Fc1cnc2ccc(Br)cn12. The normalized spacial score (nSPS) is 17.2. The average molecular weight is 1420 g/mol. The maximum Gasteiger partial charge on any atom is 0.496 e. The third-order valence-electron chi connectivity index (χ3n) is 15.6. The number of alkyl halides is 4. The van der Waals surface area contributed by atoms with Crippen LogP contribution in [-0.4, -0.2) is 113 Å². The number of hydrogen-bond donors (Lipinski definition) is 0. The van der Waals surface area contributed by atoms with Crippen molar-refractivity contribution in [3.63, 3.8) is 0 Å². The van der Waals surface area contributed by atoms with Crippen LogP contribution in [0.4, 0.5) is 26.3 Å². The lowest BCUT2D eigenvalue weighted by molar-refractivity contribution is 0.00578. The van der Waals surface area contributed by atoms with Crippen molar-refractivity contribution in [2.45, 2.75) is 155 Å². The Bertz CT molecular complexity index is 3930. The smallest absolute Gasteiger partial charge is 0.405 e. The largest absolute Gasteiger partial charge is 0.496 e. The Kier molecular flexibility index (Phi) is 23.1. The van der Waals surface area contributed by atoms with E-state index in [1.165, 1.54) is 67.0 Å². The Morgan fingerprint density at radius 2 is 0.900 bits per heavy atom. The average Bonchev–Trinajstić information content (AvgIpc) is 1.66. The minimum atomic E-state index is -2.59. The maximum absolute atomic E-state index is 13.9. The predicted octanol–water partition coefficient (Wildman–Crippen LogP) is 15.6. The summed E-state index contributed by atoms with van der Waals surface area (Å²) in [5, 5.41) is 0. The third-order valence-corrected chi connectivity index (χ3v) is 16.5. The molecule has 9 aromatic heterocycles. The van der Waals surface area contributed by atoms with Gasteiger partial charge in [-0.2, -0.15) is 13.2 Å². The summed E-state index contributed by atoms with van der Waals surface area (Å²) in [6.45, 7) is 29.3. The second-order valence-electron chi connectivity index (χ2n) is 23.5. The van der Waals surface area contributed by atoms with E-state index in [1.54, 1.807) is 49.8 Å². The zero-order valence-corrected chi connectivity index (χ0v) is 57.2. The molecule has 480 valence electrons. The van der Waals surface area contributed by atoms with Gasteiger partial charge in [-0.25, -0.2) is 38.1 Å². The molecule has 0 unspecified atom stereocenters. The van der Waals surface area contributed by atoms with Crippen LogP contribution in [0.15, 0.2) is 144 Å². The first kappa shape index (κ1) is 71.7. The molecule has 12 heterocycles. The molecule has 90 heavy (non-hydrogen) atoms. The number of benzene rings is 1. The minimum absolute atomic E-state index is 0.222. The Balaban J connectivity index is 0.000000162. The summed E-state index contributed by atoms with van der Waals surface area (Å²) in [5.74, 6) is -1.72. The standard InChI is InChI=1S/C18H12F4N4.C13H16BFN2O2.C12H24B2O4.C7H4BrFN2.C7H5BrN2.C2H4Cl2.C2H6/c19-13-4-1-11(2-5-13)17-18(25(10-24-17)9-14(20)21)12-3-6-16-23-7-15(22)26(16)8-12;1-12(2)13(3,4)19-14(18-12)9-5-6-11-16-7-10(15)17(11)8-9;1-9(2)10(3,4)16-13(15-9)14-17-11(5,6)12(7,8)18-14;8-5-1-2-7-10-3-6(9)11(7)4-5;8-6-1-2-7-9-3-4-10(7)5-6;1-2(3)4;1-2/h1-8,10,14H,9H2;5-8H,1-4H3;1-8H3;1-4H;1-5H;2H,1H3;1-2H3. The van der Waals surface area contributed by atoms with Gasteiger partial charge in [0.05, 0.1) is 76.5 Å². The number of imidazole rings is 5. The molecule has 0 spiro atoms. The van der Waals surface area contributed by atoms with Gasteiger partial charge < -0.3 is 36.9 Å². The Morgan fingerprint density at radius 3 is 1.38 bits per heavy atom. The number of hydrogen-bond acceptors (Lipinski definition) is 11. The van der Waals surface area contributed by atoms with Crippen LogP contribution in [0.25, 0.3) is 45.1 Å². The summed E-state index contributed by atoms with van der Waals surface area (Å²) in [4.78, 5) is 19.8. The van der Waals surface area contributed by atoms with Crippen molar-refractivity contribution in [3.8, 4) is 22.5 Å². The number of fused-ring (bicyclic) bond motifs is 4. The van der Waals surface area contributed by atoms with E-state index in [2.05, 4.69) is 56.8 Å². The van der Waals surface area contributed by atoms with Crippen LogP contribution in [0, 0.1) is 23.7 Å². The van der Waals surface area contributed by atoms with Gasteiger partial charge in [0.2, 0.25) is 17.8 Å². The Labute approximate surface area is 547 Å². The van der Waals surface area contributed by atoms with Gasteiger partial charge in [0.25, 0.3) is 6.43 Å². The minimum Gasteiger partial charge on any atom is -0.405 e. The van der Waals surface area contributed by atoms with Crippen LogP contribution < -0.4 is 5.46 Å². The van der Waals surface area contributed by atoms with E-state index >= 15 is 0 Å². The van der Waals surface area contributed by atoms with Crippen LogP contribution in [-0.2, 0) is 34.5 Å². The maximum atomic E-state index is 13.9. The van der Waals surface area contributed by atoms with Gasteiger partial charge in [-0.1, -0.05) is 19.9 Å². The fraction of sp³-hybridized carbons (Fsp3) is 0.393. The highest BCUT2D eigenvalue weighted by Crippen LogP contribution is 2.43. The highest BCUT2D eigenvalue weighted by atomic mass is 79.9. The molecule has 0 atom stereocenters. The molecule has 16 nitrogen and oxygen atoms in total. The molecule has 29 heteroatoms. The number of halogens is 10. The first-order valence-electron chi connectivity index (χ1n) is 28.6. The second-order valence-corrected chi connectivity index (χ2v) is 26.9. The predicted molar refractivity (Wildman–Crippen MR) is 349 cm³/mol. The summed E-state index contributed by atoms with van der Waals surface area (Å²) in [6.07, 6.45) is 12.6. The van der Waals surface area contributed by atoms with Crippen LogP contribution in [0.2, 0.25) is 0 Å². The molecule has 3 aliphatic heterocycles. The summed E-state index contributed by atoms with van der Waals surface area (Å²) in [5.41, 5.74) is 2.96.